The second-order valence-electron chi connectivity index (χ2n) is 7.86. The van der Waals surface area contributed by atoms with Crippen molar-refractivity contribution in [3.05, 3.63) is 16.0 Å². The Labute approximate surface area is 184 Å². The molecule has 10 nitrogen and oxygen atoms in total. The van der Waals surface area contributed by atoms with Gasteiger partial charge in [0, 0.05) is 37.5 Å². The second-order valence-corrected chi connectivity index (χ2v) is 8.96. The zero-order valence-corrected chi connectivity index (χ0v) is 18.9. The molecule has 0 saturated carbocycles. The minimum Gasteiger partial charge on any atom is -0.465 e. The molecule has 1 fully saturated rings. The van der Waals surface area contributed by atoms with E-state index in [1.165, 1.54) is 28.2 Å². The van der Waals surface area contributed by atoms with E-state index in [1.54, 1.807) is 6.92 Å². The second kappa shape index (κ2) is 9.23. The molecule has 0 radical (unpaired) electrons. The molecule has 1 N–H and O–H groups in total. The molecule has 3 heterocycles. The number of carbonyl (C=O) groups excluding carboxylic acids is 4. The van der Waals surface area contributed by atoms with Gasteiger partial charge in [-0.25, -0.2) is 9.59 Å². The van der Waals surface area contributed by atoms with E-state index in [1.807, 2.05) is 13.8 Å². The monoisotopic (exact) mass is 453 g/mol. The Morgan fingerprint density at radius 2 is 1.77 bits per heavy atom. The Morgan fingerprint density at radius 3 is 2.39 bits per heavy atom. The molecule has 0 bridgehead atoms. The third-order valence-electron chi connectivity index (χ3n) is 5.19. The van der Waals surface area contributed by atoms with Crippen LogP contribution in [0.3, 0.4) is 0 Å². The van der Waals surface area contributed by atoms with E-state index < -0.39 is 29.5 Å². The lowest BCUT2D eigenvalue weighted by molar-refractivity contribution is -0.144. The minimum absolute atomic E-state index is 0.220. The topological polar surface area (TPSA) is 114 Å². The van der Waals surface area contributed by atoms with E-state index in [-0.39, 0.29) is 43.4 Å². The fourth-order valence-electron chi connectivity index (χ4n) is 3.57. The molecule has 1 saturated heterocycles. The molecule has 2 aliphatic rings. The van der Waals surface area contributed by atoms with Gasteiger partial charge in [-0.1, -0.05) is 0 Å². The number of fused-ring (bicyclic) bond motifs is 1. The van der Waals surface area contributed by atoms with Crippen molar-refractivity contribution in [1.29, 1.82) is 0 Å². The maximum absolute atomic E-state index is 12.6. The Kier molecular flexibility index (Phi) is 6.85. The first-order valence-corrected chi connectivity index (χ1v) is 10.9. The summed E-state index contributed by atoms with van der Waals surface area (Å²) in [5, 5.41) is 2.87. The summed E-state index contributed by atoms with van der Waals surface area (Å²) in [6, 6.07) is 0. The van der Waals surface area contributed by atoms with Crippen LogP contribution in [0.2, 0.25) is 0 Å². The number of anilines is 1. The summed E-state index contributed by atoms with van der Waals surface area (Å²) in [5.41, 5.74) is 0.595. The van der Waals surface area contributed by atoms with Crippen molar-refractivity contribution in [2.75, 3.05) is 45.2 Å². The zero-order chi connectivity index (χ0) is 22.8. The molecule has 3 amide bonds. The fraction of sp³-hybridized carbons (Fsp3) is 0.600. The third kappa shape index (κ3) is 4.99. The van der Waals surface area contributed by atoms with Gasteiger partial charge in [-0.2, -0.15) is 0 Å². The number of carbonyl (C=O) groups is 4. The lowest BCUT2D eigenvalue weighted by atomic mass is 9.93. The molecule has 1 aromatic heterocycles. The molecular formula is C20H27N3O7S. The number of hydrogen-bond acceptors (Lipinski definition) is 8. The van der Waals surface area contributed by atoms with Crippen molar-refractivity contribution in [3.8, 4) is 0 Å². The van der Waals surface area contributed by atoms with Crippen LogP contribution in [0.4, 0.5) is 9.80 Å². The van der Waals surface area contributed by atoms with Crippen molar-refractivity contribution in [3.63, 3.8) is 0 Å². The number of piperazine rings is 1. The first-order valence-electron chi connectivity index (χ1n) is 10.1. The molecule has 0 aliphatic carbocycles. The van der Waals surface area contributed by atoms with Crippen LogP contribution in [0.15, 0.2) is 0 Å². The molecule has 3 rings (SSSR count). The third-order valence-corrected chi connectivity index (χ3v) is 6.31. The number of hydrogen-bond donors (Lipinski definition) is 1. The maximum atomic E-state index is 12.6. The minimum atomic E-state index is -0.839. The summed E-state index contributed by atoms with van der Waals surface area (Å²) in [6.07, 6.45) is 0.0548. The molecule has 0 aromatic carbocycles. The number of thiophene rings is 1. The van der Waals surface area contributed by atoms with Gasteiger partial charge in [0.1, 0.15) is 5.00 Å². The van der Waals surface area contributed by atoms with E-state index in [0.717, 1.165) is 10.4 Å². The van der Waals surface area contributed by atoms with Gasteiger partial charge in [0.2, 0.25) is 0 Å². The van der Waals surface area contributed by atoms with Gasteiger partial charge in [0.15, 0.2) is 0 Å². The lowest BCUT2D eigenvalue weighted by Gasteiger charge is -2.33. The number of nitrogens with one attached hydrogen (secondary N) is 1. The maximum Gasteiger partial charge on any atom is 0.409 e. The summed E-state index contributed by atoms with van der Waals surface area (Å²) in [4.78, 5) is 53.2. The first kappa shape index (κ1) is 23.0. The van der Waals surface area contributed by atoms with E-state index in [9.17, 15) is 19.2 Å². The zero-order valence-electron chi connectivity index (χ0n) is 18.1. The van der Waals surface area contributed by atoms with E-state index >= 15 is 0 Å². The smallest absolute Gasteiger partial charge is 0.409 e. The molecule has 170 valence electrons. The standard InChI is InChI=1S/C20H27N3O7S/c1-5-29-19(27)23-8-6-22(7-9-23)17(25)15(24)21-16-14(18(26)28-4)12-10-20(2,3)30-11-13(12)31-16/h5-11H2,1-4H3,(H,21,24). The molecule has 1 aromatic rings. The van der Waals surface area contributed by atoms with Gasteiger partial charge in [-0.15, -0.1) is 11.3 Å². The highest BCUT2D eigenvalue weighted by molar-refractivity contribution is 7.17. The summed E-state index contributed by atoms with van der Waals surface area (Å²) in [5.74, 6) is -2.13. The highest BCUT2D eigenvalue weighted by atomic mass is 32.1. The van der Waals surface area contributed by atoms with Gasteiger partial charge in [-0.05, 0) is 26.3 Å². The van der Waals surface area contributed by atoms with Crippen LogP contribution in [0.5, 0.6) is 0 Å². The van der Waals surface area contributed by atoms with Crippen LogP contribution in [-0.4, -0.2) is 79.2 Å². The summed E-state index contributed by atoms with van der Waals surface area (Å²) in [7, 11) is 1.27. The van der Waals surface area contributed by atoms with Crippen molar-refractivity contribution in [2.45, 2.75) is 39.4 Å². The average molecular weight is 454 g/mol. The van der Waals surface area contributed by atoms with Crippen LogP contribution in [0.1, 0.15) is 41.6 Å². The van der Waals surface area contributed by atoms with Crippen molar-refractivity contribution >= 4 is 40.2 Å². The highest BCUT2D eigenvalue weighted by Crippen LogP contribution is 2.40. The predicted octanol–water partition coefficient (Wildman–Crippen LogP) is 1.63. The molecular weight excluding hydrogens is 426 g/mol. The Balaban J connectivity index is 1.71. The van der Waals surface area contributed by atoms with Crippen LogP contribution in [0, 0.1) is 0 Å². The largest absolute Gasteiger partial charge is 0.465 e. The quantitative estimate of drug-likeness (QED) is 0.546. The van der Waals surface area contributed by atoms with Crippen molar-refractivity contribution in [1.82, 2.24) is 9.80 Å². The fourth-order valence-corrected chi connectivity index (χ4v) is 4.68. The van der Waals surface area contributed by atoms with E-state index in [0.29, 0.717) is 13.0 Å². The van der Waals surface area contributed by atoms with Crippen molar-refractivity contribution < 1.29 is 33.4 Å². The molecule has 31 heavy (non-hydrogen) atoms. The van der Waals surface area contributed by atoms with Crippen LogP contribution < -0.4 is 5.32 Å². The number of ether oxygens (including phenoxy) is 3. The van der Waals surface area contributed by atoms with Gasteiger partial charge < -0.3 is 29.3 Å². The number of amides is 3. The average Bonchev–Trinajstić information content (AvgIpc) is 3.08. The summed E-state index contributed by atoms with van der Waals surface area (Å²) >= 11 is 1.21. The molecule has 2 aliphatic heterocycles. The predicted molar refractivity (Wildman–Crippen MR) is 112 cm³/mol. The summed E-state index contributed by atoms with van der Waals surface area (Å²) in [6.45, 7) is 7.16. The Morgan fingerprint density at radius 1 is 1.13 bits per heavy atom. The molecule has 0 spiro atoms. The van der Waals surface area contributed by atoms with Gasteiger partial charge in [-0.3, -0.25) is 9.59 Å². The normalized spacial score (nSPS) is 17.5. The van der Waals surface area contributed by atoms with Crippen LogP contribution in [0.25, 0.3) is 0 Å². The van der Waals surface area contributed by atoms with E-state index in [2.05, 4.69) is 5.32 Å². The molecule has 0 unspecified atom stereocenters. The summed E-state index contributed by atoms with van der Waals surface area (Å²) < 4.78 is 15.7. The lowest BCUT2D eigenvalue weighted by Crippen LogP contribution is -2.53. The number of esters is 1. The van der Waals surface area contributed by atoms with E-state index in [4.69, 9.17) is 14.2 Å². The first-order chi connectivity index (χ1) is 14.7. The highest BCUT2D eigenvalue weighted by Gasteiger charge is 2.35. The molecule has 11 heteroatoms. The SMILES string of the molecule is CCOC(=O)N1CCN(C(=O)C(=O)Nc2sc3c(c2C(=O)OC)CC(C)(C)OC3)CC1. The number of nitrogens with zero attached hydrogens (tertiary/aromatic N) is 2. The van der Waals surface area contributed by atoms with Gasteiger partial charge >= 0.3 is 23.9 Å². The number of rotatable bonds is 3. The Hall–Kier alpha value is -2.66. The van der Waals surface area contributed by atoms with Crippen molar-refractivity contribution in [2.24, 2.45) is 0 Å². The van der Waals surface area contributed by atoms with Gasteiger partial charge in [0.25, 0.3) is 0 Å². The molecule has 0 atom stereocenters. The van der Waals surface area contributed by atoms with Crippen LogP contribution >= 0.6 is 11.3 Å². The van der Waals surface area contributed by atoms with Gasteiger partial charge in [0.05, 0.1) is 31.5 Å². The van der Waals surface area contributed by atoms with Crippen LogP contribution in [-0.2, 0) is 36.8 Å². The number of methoxy groups -OCH3 is 1. The Bertz CT molecular complexity index is 888.